The summed E-state index contributed by atoms with van der Waals surface area (Å²) in [6, 6.07) is 7.85. The highest BCUT2D eigenvalue weighted by Gasteiger charge is 2.37. The second kappa shape index (κ2) is 8.71. The smallest absolute Gasteiger partial charge is 0.363 e. The number of allylic oxidation sites excluding steroid dienone is 2. The van der Waals surface area contributed by atoms with E-state index in [0.29, 0.717) is 10.6 Å². The molecular weight excluding hydrogens is 406 g/mol. The second-order valence-electron chi connectivity index (χ2n) is 6.70. The number of nitrogens with zero attached hydrogens (tertiary/aromatic N) is 2. The molecule has 1 fully saturated rings. The summed E-state index contributed by atoms with van der Waals surface area (Å²) in [6.07, 6.45) is -0.0619. The van der Waals surface area contributed by atoms with Gasteiger partial charge in [-0.15, -0.1) is 5.06 Å². The zero-order valence-corrected chi connectivity index (χ0v) is 16.8. The van der Waals surface area contributed by atoms with Crippen LogP contribution in [0.1, 0.15) is 48.5 Å². The van der Waals surface area contributed by atoms with Gasteiger partial charge >= 0.3 is 11.9 Å². The van der Waals surface area contributed by atoms with Crippen molar-refractivity contribution in [2.45, 2.75) is 32.6 Å². The van der Waals surface area contributed by atoms with Crippen molar-refractivity contribution >= 4 is 23.8 Å². The predicted molar refractivity (Wildman–Crippen MR) is 103 cm³/mol. The highest BCUT2D eigenvalue weighted by atomic mass is 16.7. The van der Waals surface area contributed by atoms with Gasteiger partial charge < -0.3 is 20.0 Å². The van der Waals surface area contributed by atoms with E-state index >= 15 is 0 Å². The third-order valence-electron chi connectivity index (χ3n) is 4.74. The fraction of sp³-hybridized carbons (Fsp3) is 0.286. The first-order valence-corrected chi connectivity index (χ1v) is 9.42. The highest BCUT2D eigenvalue weighted by molar-refractivity contribution is 6.02. The molecule has 0 saturated carbocycles. The largest absolute Gasteiger partial charge is 0.463 e. The van der Waals surface area contributed by atoms with Crippen LogP contribution in [0.2, 0.25) is 0 Å². The number of imide groups is 1. The molecular formula is C21H19N3O7. The van der Waals surface area contributed by atoms with Crippen molar-refractivity contribution in [3.8, 4) is 6.07 Å². The molecule has 10 nitrogen and oxygen atoms in total. The molecule has 31 heavy (non-hydrogen) atoms. The van der Waals surface area contributed by atoms with Crippen LogP contribution in [0.5, 0.6) is 0 Å². The van der Waals surface area contributed by atoms with Gasteiger partial charge in [-0.2, -0.15) is 5.26 Å². The highest BCUT2D eigenvalue weighted by Crippen LogP contribution is 2.39. The van der Waals surface area contributed by atoms with Crippen molar-refractivity contribution in [2.75, 3.05) is 6.61 Å². The first-order valence-electron chi connectivity index (χ1n) is 9.42. The third kappa shape index (κ3) is 4.11. The van der Waals surface area contributed by atoms with Gasteiger partial charge in [0.15, 0.2) is 0 Å². The van der Waals surface area contributed by atoms with Crippen molar-refractivity contribution < 1.29 is 33.5 Å². The SMILES string of the molecule is CCOC(=O)C1=C(C)OC(N)=C(C#N)C1c1cccc(C(=O)ON2C(=O)CCC2=O)c1. The van der Waals surface area contributed by atoms with E-state index < -0.39 is 29.7 Å². The lowest BCUT2D eigenvalue weighted by Crippen LogP contribution is -2.32. The van der Waals surface area contributed by atoms with Gasteiger partial charge in [0.05, 0.1) is 23.7 Å². The van der Waals surface area contributed by atoms with Gasteiger partial charge in [0.25, 0.3) is 11.8 Å². The van der Waals surface area contributed by atoms with Crippen LogP contribution in [-0.4, -0.2) is 35.4 Å². The maximum atomic E-state index is 12.6. The van der Waals surface area contributed by atoms with E-state index in [4.69, 9.17) is 20.0 Å². The van der Waals surface area contributed by atoms with Gasteiger partial charge in [-0.05, 0) is 31.5 Å². The van der Waals surface area contributed by atoms with Crippen LogP contribution in [0.4, 0.5) is 0 Å². The molecule has 160 valence electrons. The summed E-state index contributed by atoms with van der Waals surface area (Å²) in [5.74, 6) is -3.78. The molecule has 3 rings (SSSR count). The van der Waals surface area contributed by atoms with E-state index in [2.05, 4.69) is 0 Å². The summed E-state index contributed by atoms with van der Waals surface area (Å²) in [4.78, 5) is 53.4. The Kier molecular flexibility index (Phi) is 6.06. The number of esters is 1. The molecule has 1 unspecified atom stereocenters. The predicted octanol–water partition coefficient (Wildman–Crippen LogP) is 1.55. The maximum absolute atomic E-state index is 12.6. The summed E-state index contributed by atoms with van der Waals surface area (Å²) in [6.45, 7) is 3.26. The maximum Gasteiger partial charge on any atom is 0.363 e. The lowest BCUT2D eigenvalue weighted by Gasteiger charge is -2.27. The number of carbonyl (C=O) groups is 4. The Morgan fingerprint density at radius 3 is 2.55 bits per heavy atom. The van der Waals surface area contributed by atoms with E-state index in [0.717, 1.165) is 0 Å². The number of nitriles is 1. The summed E-state index contributed by atoms with van der Waals surface area (Å²) in [5, 5.41) is 10.1. The number of amides is 2. The lowest BCUT2D eigenvalue weighted by atomic mass is 9.82. The van der Waals surface area contributed by atoms with Crippen LogP contribution in [0.25, 0.3) is 0 Å². The first kappa shape index (κ1) is 21.6. The van der Waals surface area contributed by atoms with Gasteiger partial charge in [0.2, 0.25) is 5.88 Å². The molecule has 1 saturated heterocycles. The van der Waals surface area contributed by atoms with Gasteiger partial charge in [-0.3, -0.25) is 9.59 Å². The van der Waals surface area contributed by atoms with E-state index in [9.17, 15) is 24.4 Å². The van der Waals surface area contributed by atoms with Crippen LogP contribution in [-0.2, 0) is 28.7 Å². The van der Waals surface area contributed by atoms with Crippen LogP contribution in [0, 0.1) is 11.3 Å². The minimum Gasteiger partial charge on any atom is -0.463 e. The zero-order chi connectivity index (χ0) is 22.7. The van der Waals surface area contributed by atoms with E-state index in [1.54, 1.807) is 13.0 Å². The van der Waals surface area contributed by atoms with Crippen molar-refractivity contribution in [3.05, 3.63) is 58.2 Å². The molecule has 1 aromatic rings. The molecule has 0 bridgehead atoms. The Morgan fingerprint density at radius 1 is 1.26 bits per heavy atom. The van der Waals surface area contributed by atoms with Crippen molar-refractivity contribution in [1.29, 1.82) is 5.26 Å². The number of benzene rings is 1. The number of hydroxylamine groups is 2. The fourth-order valence-corrected chi connectivity index (χ4v) is 3.33. The standard InChI is InChI=1S/C21H19N3O7/c1-3-29-21(28)17-11(2)30-19(23)14(10-22)18(17)12-5-4-6-13(9-12)20(27)31-24-15(25)7-8-16(24)26/h4-6,9,18H,3,7-8,23H2,1-2H3. The Morgan fingerprint density at radius 2 is 1.94 bits per heavy atom. The monoisotopic (exact) mass is 425 g/mol. The molecule has 2 aliphatic rings. The average Bonchev–Trinajstić information content (AvgIpc) is 3.05. The number of ether oxygens (including phenoxy) is 2. The first-order chi connectivity index (χ1) is 14.8. The topological polar surface area (TPSA) is 149 Å². The molecule has 2 heterocycles. The number of hydrogen-bond donors (Lipinski definition) is 1. The quantitative estimate of drug-likeness (QED) is 0.547. The molecule has 1 atom stereocenters. The molecule has 10 heteroatoms. The van der Waals surface area contributed by atoms with E-state index in [1.165, 1.54) is 25.1 Å². The zero-order valence-electron chi connectivity index (χ0n) is 16.8. The molecule has 2 N–H and O–H groups in total. The van der Waals surface area contributed by atoms with Crippen molar-refractivity contribution in [3.63, 3.8) is 0 Å². The minimum atomic E-state index is -0.944. The number of nitrogens with two attached hydrogens (primary N) is 1. The molecule has 2 aliphatic heterocycles. The summed E-state index contributed by atoms with van der Waals surface area (Å²) in [5.41, 5.74) is 6.29. The molecule has 0 spiro atoms. The Hall–Kier alpha value is -4.13. The summed E-state index contributed by atoms with van der Waals surface area (Å²) >= 11 is 0. The normalized spacial score (nSPS) is 18.6. The van der Waals surface area contributed by atoms with Gasteiger partial charge in [-0.25, -0.2) is 9.59 Å². The van der Waals surface area contributed by atoms with Gasteiger partial charge in [-0.1, -0.05) is 12.1 Å². The average molecular weight is 425 g/mol. The van der Waals surface area contributed by atoms with E-state index in [-0.39, 0.29) is 47.8 Å². The van der Waals surface area contributed by atoms with Gasteiger partial charge in [0, 0.05) is 12.8 Å². The Labute approximate surface area is 177 Å². The number of hydrogen-bond acceptors (Lipinski definition) is 9. The fourth-order valence-electron chi connectivity index (χ4n) is 3.33. The molecule has 2 amide bonds. The van der Waals surface area contributed by atoms with Crippen molar-refractivity contribution in [1.82, 2.24) is 5.06 Å². The number of carbonyl (C=O) groups excluding carboxylic acids is 4. The summed E-state index contributed by atoms with van der Waals surface area (Å²) < 4.78 is 10.5. The summed E-state index contributed by atoms with van der Waals surface area (Å²) in [7, 11) is 0. The van der Waals surface area contributed by atoms with Crippen LogP contribution >= 0.6 is 0 Å². The van der Waals surface area contributed by atoms with Crippen LogP contribution in [0.15, 0.2) is 47.1 Å². The van der Waals surface area contributed by atoms with E-state index in [1.807, 2.05) is 6.07 Å². The molecule has 0 aliphatic carbocycles. The van der Waals surface area contributed by atoms with Gasteiger partial charge in [0.1, 0.15) is 17.4 Å². The second-order valence-corrected chi connectivity index (χ2v) is 6.70. The molecule has 1 aromatic carbocycles. The molecule has 0 aromatic heterocycles. The minimum absolute atomic E-state index is 0.00761. The van der Waals surface area contributed by atoms with Crippen molar-refractivity contribution in [2.24, 2.45) is 5.73 Å². The molecule has 0 radical (unpaired) electrons. The Bertz CT molecular complexity index is 1060. The lowest BCUT2D eigenvalue weighted by molar-refractivity contribution is -0.172. The van der Waals surface area contributed by atoms with Crippen LogP contribution in [0.3, 0.4) is 0 Å². The Balaban J connectivity index is 1.99. The third-order valence-corrected chi connectivity index (χ3v) is 4.74. The van der Waals surface area contributed by atoms with Crippen LogP contribution < -0.4 is 5.73 Å². The number of rotatable bonds is 5.